The number of rotatable bonds is 6. The summed E-state index contributed by atoms with van der Waals surface area (Å²) in [4.78, 5) is 12.1. The lowest BCUT2D eigenvalue weighted by Gasteiger charge is -2.06. The van der Waals surface area contributed by atoms with Crippen molar-refractivity contribution in [2.45, 2.75) is 5.16 Å². The topological polar surface area (TPSA) is 115 Å². The molecule has 152 valence electrons. The lowest BCUT2D eigenvalue weighted by atomic mass is 10.1. The molecule has 0 aliphatic carbocycles. The Morgan fingerprint density at radius 3 is 2.73 bits per heavy atom. The minimum atomic E-state index is -0.504. The highest BCUT2D eigenvalue weighted by Crippen LogP contribution is 2.25. The van der Waals surface area contributed by atoms with Gasteiger partial charge in [-0.3, -0.25) is 9.89 Å². The van der Waals surface area contributed by atoms with Gasteiger partial charge < -0.3 is 11.2 Å². The van der Waals surface area contributed by atoms with Crippen LogP contribution in [-0.4, -0.2) is 36.7 Å². The zero-order valence-electron chi connectivity index (χ0n) is 15.3. The van der Waals surface area contributed by atoms with Crippen LogP contribution in [0.1, 0.15) is 0 Å². The zero-order chi connectivity index (χ0) is 21.1. The first-order valence-electron chi connectivity index (χ1n) is 8.70. The minimum absolute atomic E-state index is 0.0112. The standard InChI is InChI=1S/C19H15ClFN7OS/c20-12-7-5-11(6-8-12)15-9-16(25-24-15)18-26-27-19(28(18)22)30-10-17(29)23-14-4-2-1-3-13(14)21/h1-9H,10,22H2,(H,23,29)(H,24,25). The molecule has 1 amide bonds. The van der Waals surface area contributed by atoms with Gasteiger partial charge >= 0.3 is 0 Å². The van der Waals surface area contributed by atoms with Crippen LogP contribution in [0.4, 0.5) is 10.1 Å². The van der Waals surface area contributed by atoms with Gasteiger partial charge in [-0.25, -0.2) is 9.07 Å². The van der Waals surface area contributed by atoms with Crippen LogP contribution in [0.5, 0.6) is 0 Å². The number of nitrogens with one attached hydrogen (secondary N) is 2. The summed E-state index contributed by atoms with van der Waals surface area (Å²) in [5, 5.41) is 18.7. The molecule has 0 fully saturated rings. The van der Waals surface area contributed by atoms with E-state index in [1.54, 1.807) is 30.3 Å². The first-order valence-corrected chi connectivity index (χ1v) is 10.1. The minimum Gasteiger partial charge on any atom is -0.335 e. The van der Waals surface area contributed by atoms with Gasteiger partial charge in [-0.1, -0.05) is 47.6 Å². The summed E-state index contributed by atoms with van der Waals surface area (Å²) < 4.78 is 14.9. The Kier molecular flexibility index (Phi) is 5.68. The normalized spacial score (nSPS) is 10.9. The highest BCUT2D eigenvalue weighted by Gasteiger charge is 2.16. The second kappa shape index (κ2) is 8.56. The molecule has 11 heteroatoms. The van der Waals surface area contributed by atoms with Gasteiger partial charge in [-0.2, -0.15) is 5.10 Å². The van der Waals surface area contributed by atoms with Crippen LogP contribution in [0.3, 0.4) is 0 Å². The van der Waals surface area contributed by atoms with Crippen molar-refractivity contribution in [1.29, 1.82) is 0 Å². The predicted octanol–water partition coefficient (Wildman–Crippen LogP) is 3.57. The lowest BCUT2D eigenvalue weighted by Crippen LogP contribution is -2.17. The third-order valence-corrected chi connectivity index (χ3v) is 5.30. The van der Waals surface area contributed by atoms with E-state index < -0.39 is 5.82 Å². The molecule has 0 atom stereocenters. The van der Waals surface area contributed by atoms with Crippen LogP contribution >= 0.6 is 23.4 Å². The highest BCUT2D eigenvalue weighted by atomic mass is 35.5. The maximum Gasteiger partial charge on any atom is 0.234 e. The zero-order valence-corrected chi connectivity index (χ0v) is 16.9. The van der Waals surface area contributed by atoms with E-state index in [2.05, 4.69) is 25.7 Å². The molecule has 30 heavy (non-hydrogen) atoms. The monoisotopic (exact) mass is 443 g/mol. The van der Waals surface area contributed by atoms with Gasteiger partial charge in [0, 0.05) is 10.6 Å². The van der Waals surface area contributed by atoms with Crippen molar-refractivity contribution >= 4 is 35.0 Å². The van der Waals surface area contributed by atoms with Gasteiger partial charge in [0.2, 0.25) is 16.9 Å². The van der Waals surface area contributed by atoms with Crippen LogP contribution in [0.15, 0.2) is 59.8 Å². The molecule has 4 rings (SSSR count). The van der Waals surface area contributed by atoms with Crippen molar-refractivity contribution in [1.82, 2.24) is 25.1 Å². The Labute approximate surface area is 179 Å². The molecule has 0 aliphatic rings. The van der Waals surface area contributed by atoms with Crippen molar-refractivity contribution < 1.29 is 9.18 Å². The van der Waals surface area contributed by atoms with Crippen LogP contribution in [-0.2, 0) is 4.79 Å². The van der Waals surface area contributed by atoms with Crippen LogP contribution < -0.4 is 11.2 Å². The number of para-hydroxylation sites is 1. The second-order valence-corrected chi connectivity index (χ2v) is 7.55. The van der Waals surface area contributed by atoms with E-state index in [-0.39, 0.29) is 17.3 Å². The molecule has 2 aromatic carbocycles. The number of nitrogen functional groups attached to an aromatic ring is 1. The number of aromatic amines is 1. The second-order valence-electron chi connectivity index (χ2n) is 6.17. The van der Waals surface area contributed by atoms with Crippen molar-refractivity contribution in [2.75, 3.05) is 16.9 Å². The summed E-state index contributed by atoms with van der Waals surface area (Å²) in [6, 6.07) is 15.0. The summed E-state index contributed by atoms with van der Waals surface area (Å²) >= 11 is 6.99. The van der Waals surface area contributed by atoms with E-state index in [4.69, 9.17) is 17.4 Å². The number of carbonyl (C=O) groups excluding carboxylic acids is 1. The fourth-order valence-corrected chi connectivity index (χ4v) is 3.43. The number of thioether (sulfide) groups is 1. The van der Waals surface area contributed by atoms with E-state index in [0.29, 0.717) is 27.4 Å². The number of amides is 1. The van der Waals surface area contributed by atoms with Gasteiger partial charge in [0.1, 0.15) is 11.5 Å². The SMILES string of the molecule is Nn1c(SCC(=O)Nc2ccccc2F)nnc1-c1cc(-c2ccc(Cl)cc2)n[nH]1. The molecular weight excluding hydrogens is 429 g/mol. The van der Waals surface area contributed by atoms with Crippen LogP contribution in [0.25, 0.3) is 22.8 Å². The van der Waals surface area contributed by atoms with E-state index in [1.807, 2.05) is 12.1 Å². The molecule has 0 bridgehead atoms. The number of benzene rings is 2. The van der Waals surface area contributed by atoms with Crippen molar-refractivity contribution in [3.05, 3.63) is 65.4 Å². The number of halogens is 2. The molecule has 4 aromatic rings. The molecule has 2 aromatic heterocycles. The first kappa shape index (κ1) is 19.9. The third-order valence-electron chi connectivity index (χ3n) is 4.10. The van der Waals surface area contributed by atoms with E-state index in [1.165, 1.54) is 16.8 Å². The Morgan fingerprint density at radius 1 is 1.20 bits per heavy atom. The van der Waals surface area contributed by atoms with Gasteiger partial charge in [0.05, 0.1) is 17.1 Å². The van der Waals surface area contributed by atoms with E-state index >= 15 is 0 Å². The number of nitrogens with zero attached hydrogens (tertiary/aromatic N) is 4. The number of carbonyl (C=O) groups is 1. The first-order chi connectivity index (χ1) is 14.5. The molecular formula is C19H15ClFN7OS. The molecule has 0 aliphatic heterocycles. The van der Waals surface area contributed by atoms with Gasteiger partial charge in [0.25, 0.3) is 0 Å². The average Bonchev–Trinajstić information content (AvgIpc) is 3.35. The third kappa shape index (κ3) is 4.29. The number of hydrogen-bond donors (Lipinski definition) is 3. The Bertz CT molecular complexity index is 1190. The van der Waals surface area contributed by atoms with Gasteiger partial charge in [-0.15, -0.1) is 10.2 Å². The summed E-state index contributed by atoms with van der Waals surface area (Å²) in [7, 11) is 0. The number of anilines is 1. The summed E-state index contributed by atoms with van der Waals surface area (Å²) in [6.07, 6.45) is 0. The molecule has 0 saturated carbocycles. The van der Waals surface area contributed by atoms with Gasteiger partial charge in [0.15, 0.2) is 0 Å². The van der Waals surface area contributed by atoms with Crippen LogP contribution in [0, 0.1) is 5.82 Å². The summed E-state index contributed by atoms with van der Waals surface area (Å²) in [5.41, 5.74) is 2.26. The highest BCUT2D eigenvalue weighted by molar-refractivity contribution is 7.99. The smallest absolute Gasteiger partial charge is 0.234 e. The van der Waals surface area contributed by atoms with E-state index in [0.717, 1.165) is 17.3 Å². The number of H-pyrrole nitrogens is 1. The van der Waals surface area contributed by atoms with Crippen molar-refractivity contribution in [2.24, 2.45) is 0 Å². The Balaban J connectivity index is 1.43. The quantitative estimate of drug-likeness (QED) is 0.310. The fraction of sp³-hybridized carbons (Fsp3) is 0.0526. The molecule has 2 heterocycles. The predicted molar refractivity (Wildman–Crippen MR) is 114 cm³/mol. The number of nitrogens with two attached hydrogens (primary N) is 1. The summed E-state index contributed by atoms with van der Waals surface area (Å²) in [5.74, 6) is 5.54. The van der Waals surface area contributed by atoms with Gasteiger partial charge in [-0.05, 0) is 30.3 Å². The average molecular weight is 444 g/mol. The Hall–Kier alpha value is -3.37. The van der Waals surface area contributed by atoms with Crippen LogP contribution in [0.2, 0.25) is 5.02 Å². The fourth-order valence-electron chi connectivity index (χ4n) is 2.64. The maximum atomic E-state index is 13.6. The molecule has 4 N–H and O–H groups in total. The summed E-state index contributed by atoms with van der Waals surface area (Å²) in [6.45, 7) is 0. The largest absolute Gasteiger partial charge is 0.335 e. The number of aromatic nitrogens is 5. The Morgan fingerprint density at radius 2 is 1.97 bits per heavy atom. The van der Waals surface area contributed by atoms with E-state index in [9.17, 15) is 9.18 Å². The van der Waals surface area contributed by atoms with Crippen molar-refractivity contribution in [3.63, 3.8) is 0 Å². The number of hydrogen-bond acceptors (Lipinski definition) is 6. The molecule has 0 radical (unpaired) electrons. The molecule has 0 saturated heterocycles. The molecule has 8 nitrogen and oxygen atoms in total. The molecule has 0 spiro atoms. The van der Waals surface area contributed by atoms with Crippen molar-refractivity contribution in [3.8, 4) is 22.8 Å². The lowest BCUT2D eigenvalue weighted by molar-refractivity contribution is -0.113. The molecule has 0 unspecified atom stereocenters. The maximum absolute atomic E-state index is 13.6.